The topological polar surface area (TPSA) is 96.4 Å². The van der Waals surface area contributed by atoms with Gasteiger partial charge < -0.3 is 24.4 Å². The molecule has 3 aliphatic rings. The highest BCUT2D eigenvalue weighted by Gasteiger charge is 2.80. The minimum atomic E-state index is -1.14. The largest absolute Gasteiger partial charge is 0.461 e. The van der Waals surface area contributed by atoms with Crippen molar-refractivity contribution in [2.24, 2.45) is 17.8 Å². The fraction of sp³-hybridized carbons (Fsp3) is 0.696. The molecule has 31 heavy (non-hydrogen) atoms. The van der Waals surface area contributed by atoms with Gasteiger partial charge >= 0.3 is 5.97 Å². The Morgan fingerprint density at radius 1 is 1.39 bits per heavy atom. The molecule has 1 N–H and O–H groups in total. The molecule has 0 saturated carbocycles. The van der Waals surface area contributed by atoms with Crippen LogP contribution in [-0.2, 0) is 23.9 Å². The number of fused-ring (bicyclic) bond motifs is 1. The lowest BCUT2D eigenvalue weighted by Gasteiger charge is -2.38. The predicted octanol–water partition coefficient (Wildman–Crippen LogP) is 1.14. The molecular formula is C23H34N2O6. The highest BCUT2D eigenvalue weighted by molar-refractivity contribution is 5.98. The van der Waals surface area contributed by atoms with E-state index >= 15 is 0 Å². The first-order valence-corrected chi connectivity index (χ1v) is 10.9. The van der Waals surface area contributed by atoms with Crippen LogP contribution in [0.5, 0.6) is 0 Å². The third kappa shape index (κ3) is 3.31. The molecule has 0 aliphatic carbocycles. The Hall–Kier alpha value is -2.19. The number of aliphatic hydroxyl groups excluding tert-OH is 1. The number of esters is 1. The van der Waals surface area contributed by atoms with E-state index in [1.807, 2.05) is 27.7 Å². The lowest BCUT2D eigenvalue weighted by molar-refractivity contribution is -0.161. The maximum absolute atomic E-state index is 13.8. The zero-order valence-corrected chi connectivity index (χ0v) is 18.9. The summed E-state index contributed by atoms with van der Waals surface area (Å²) >= 11 is 0. The molecule has 2 amide bonds. The molecule has 0 aromatic heterocycles. The number of hydrogen-bond acceptors (Lipinski definition) is 6. The summed E-state index contributed by atoms with van der Waals surface area (Å²) in [4.78, 5) is 43.5. The maximum atomic E-state index is 13.8. The number of hydrogen-bond donors (Lipinski definition) is 1. The molecule has 1 spiro atoms. The van der Waals surface area contributed by atoms with Gasteiger partial charge in [-0.2, -0.15) is 0 Å². The summed E-state index contributed by atoms with van der Waals surface area (Å²) in [5, 5.41) is 9.64. The minimum absolute atomic E-state index is 0.00358. The zero-order chi connectivity index (χ0) is 23.1. The summed E-state index contributed by atoms with van der Waals surface area (Å²) in [6, 6.07) is -1.03. The van der Waals surface area contributed by atoms with Gasteiger partial charge in [-0.3, -0.25) is 14.4 Å². The molecule has 3 aliphatic heterocycles. The number of β-amino-alcohol motifs (C(OH)–C–C–N with tert-alkyl or cyclic N) is 1. The third-order valence-electron chi connectivity index (χ3n) is 7.22. The number of ether oxygens (including phenoxy) is 2. The molecule has 0 aromatic rings. The Morgan fingerprint density at radius 3 is 2.61 bits per heavy atom. The highest BCUT2D eigenvalue weighted by Crippen LogP contribution is 2.65. The van der Waals surface area contributed by atoms with Crippen LogP contribution in [0, 0.1) is 17.8 Å². The summed E-state index contributed by atoms with van der Waals surface area (Å²) in [5.41, 5.74) is -2.05. The van der Waals surface area contributed by atoms with Crippen molar-refractivity contribution in [3.05, 3.63) is 25.3 Å². The number of nitrogens with zero attached hydrogens (tertiary/aromatic N) is 2. The number of carbonyl (C=O) groups excluding carboxylic acids is 3. The maximum Gasteiger partial charge on any atom is 0.313 e. The standard InChI is InChI=1S/C23H34N2O6/c1-7-9-24(14(3)4)20(28)18-23-13-15(5)22(6,31-23)17(21(29)30-12-8-2)16(23)19(27)25(18)10-11-26/h7-8,14-18,26H,1-2,9-13H2,3-6H3/t15?,16-,17-,18?,22+,23?/m0/s1. The first kappa shape index (κ1) is 23.5. The summed E-state index contributed by atoms with van der Waals surface area (Å²) in [6.07, 6.45) is 3.60. The fourth-order valence-electron chi connectivity index (χ4n) is 5.81. The SMILES string of the molecule is C=CCOC(=O)[C@@H]1[C@H]2C(=O)N(CCO)C(C(=O)N(CC=C)C(C)C)C23CC(C)[C@@]1(C)O3. The molecule has 3 heterocycles. The van der Waals surface area contributed by atoms with Gasteiger partial charge in [-0.15, -0.1) is 6.58 Å². The van der Waals surface area contributed by atoms with Crippen molar-refractivity contribution in [1.82, 2.24) is 9.80 Å². The Labute approximate surface area is 183 Å². The van der Waals surface area contributed by atoms with Crippen LogP contribution in [0.1, 0.15) is 34.1 Å². The Kier molecular flexibility index (Phi) is 6.35. The fourth-order valence-corrected chi connectivity index (χ4v) is 5.81. The van der Waals surface area contributed by atoms with Crippen molar-refractivity contribution in [2.75, 3.05) is 26.3 Å². The van der Waals surface area contributed by atoms with Crippen LogP contribution in [0.3, 0.4) is 0 Å². The Bertz CT molecular complexity index is 782. The van der Waals surface area contributed by atoms with Crippen LogP contribution in [0.2, 0.25) is 0 Å². The quantitative estimate of drug-likeness (QED) is 0.432. The van der Waals surface area contributed by atoms with E-state index in [9.17, 15) is 19.5 Å². The molecule has 6 atom stereocenters. The van der Waals surface area contributed by atoms with Gasteiger partial charge in [0, 0.05) is 19.1 Å². The van der Waals surface area contributed by atoms with Crippen LogP contribution in [0.25, 0.3) is 0 Å². The molecule has 3 fully saturated rings. The summed E-state index contributed by atoms with van der Waals surface area (Å²) < 4.78 is 11.9. The van der Waals surface area contributed by atoms with E-state index in [1.54, 1.807) is 11.0 Å². The number of likely N-dealkylation sites (tertiary alicyclic amines) is 1. The molecule has 3 saturated heterocycles. The summed E-state index contributed by atoms with van der Waals surface area (Å²) in [5.74, 6) is -2.83. The Morgan fingerprint density at radius 2 is 2.06 bits per heavy atom. The van der Waals surface area contributed by atoms with Crippen LogP contribution in [0.4, 0.5) is 0 Å². The van der Waals surface area contributed by atoms with Crippen molar-refractivity contribution < 1.29 is 29.0 Å². The van der Waals surface area contributed by atoms with Gasteiger partial charge in [-0.05, 0) is 33.1 Å². The van der Waals surface area contributed by atoms with Crippen molar-refractivity contribution in [2.45, 2.75) is 57.4 Å². The average Bonchev–Trinajstić information content (AvgIpc) is 3.21. The van der Waals surface area contributed by atoms with Crippen molar-refractivity contribution in [3.63, 3.8) is 0 Å². The van der Waals surface area contributed by atoms with Gasteiger partial charge in [-0.1, -0.05) is 25.7 Å². The highest BCUT2D eigenvalue weighted by atomic mass is 16.6. The summed E-state index contributed by atoms with van der Waals surface area (Å²) in [6.45, 7) is 15.0. The van der Waals surface area contributed by atoms with E-state index in [-0.39, 0.29) is 43.5 Å². The van der Waals surface area contributed by atoms with E-state index in [0.717, 1.165) is 0 Å². The van der Waals surface area contributed by atoms with Gasteiger partial charge in [-0.25, -0.2) is 0 Å². The van der Waals surface area contributed by atoms with E-state index < -0.39 is 35.0 Å². The normalized spacial score (nSPS) is 35.9. The van der Waals surface area contributed by atoms with Crippen LogP contribution in [0.15, 0.2) is 25.3 Å². The van der Waals surface area contributed by atoms with E-state index in [0.29, 0.717) is 13.0 Å². The second-order valence-corrected chi connectivity index (χ2v) is 9.25. The first-order valence-electron chi connectivity index (χ1n) is 10.9. The predicted molar refractivity (Wildman–Crippen MR) is 114 cm³/mol. The van der Waals surface area contributed by atoms with Gasteiger partial charge in [0.15, 0.2) is 0 Å². The monoisotopic (exact) mass is 434 g/mol. The number of amides is 2. The van der Waals surface area contributed by atoms with Gasteiger partial charge in [0.1, 0.15) is 24.2 Å². The van der Waals surface area contributed by atoms with Crippen LogP contribution in [-0.4, -0.2) is 82.3 Å². The van der Waals surface area contributed by atoms with E-state index in [2.05, 4.69) is 13.2 Å². The van der Waals surface area contributed by atoms with E-state index in [1.165, 1.54) is 11.0 Å². The molecule has 8 heteroatoms. The van der Waals surface area contributed by atoms with Crippen molar-refractivity contribution in [3.8, 4) is 0 Å². The van der Waals surface area contributed by atoms with E-state index in [4.69, 9.17) is 9.47 Å². The zero-order valence-electron chi connectivity index (χ0n) is 18.9. The first-order chi connectivity index (χ1) is 14.6. The van der Waals surface area contributed by atoms with Crippen molar-refractivity contribution >= 4 is 17.8 Å². The molecule has 3 rings (SSSR count). The number of rotatable bonds is 9. The minimum Gasteiger partial charge on any atom is -0.461 e. The van der Waals surface area contributed by atoms with Gasteiger partial charge in [0.2, 0.25) is 11.8 Å². The molecule has 0 aromatic carbocycles. The van der Waals surface area contributed by atoms with Gasteiger partial charge in [0.05, 0.1) is 18.1 Å². The molecule has 3 unspecified atom stereocenters. The molecule has 2 bridgehead atoms. The lowest BCUT2D eigenvalue weighted by Crippen LogP contribution is -2.58. The molecule has 172 valence electrons. The lowest BCUT2D eigenvalue weighted by atomic mass is 9.62. The molecule has 0 radical (unpaired) electrons. The summed E-state index contributed by atoms with van der Waals surface area (Å²) in [7, 11) is 0. The second-order valence-electron chi connectivity index (χ2n) is 9.25. The molecule has 8 nitrogen and oxygen atoms in total. The Balaban J connectivity index is 2.10. The third-order valence-corrected chi connectivity index (χ3v) is 7.22. The smallest absolute Gasteiger partial charge is 0.313 e. The van der Waals surface area contributed by atoms with Crippen LogP contribution < -0.4 is 0 Å². The second kappa shape index (κ2) is 8.39. The van der Waals surface area contributed by atoms with Gasteiger partial charge in [0.25, 0.3) is 0 Å². The van der Waals surface area contributed by atoms with Crippen LogP contribution >= 0.6 is 0 Å². The van der Waals surface area contributed by atoms with Crippen molar-refractivity contribution in [1.29, 1.82) is 0 Å². The number of carbonyl (C=O) groups is 3. The molecular weight excluding hydrogens is 400 g/mol. The average molecular weight is 435 g/mol. The number of aliphatic hydroxyl groups is 1.